The SMILES string of the molecule is C.CC.CC.CC.CO.COc1ccc(-c2c[nH]c3ncccc23)cc1OC.Cc1ccc(S(=O)(=O)n2cc(-c3ccccc3)c3cccnc32)cc1.Cc1ccc(S(=O)(=O)n2cc(Br)c3cccnc32)cc1.O=CO[O-].OB(O)c1ccccc1.[H-].[Na+].[Na+].c1ccc(-c2c[nH]c3ncccc23)cc1.c1ccc(COc2ccc(-c3c[nH]c4ncccc34)cc2)cc1.c1ccc(COc2cccc(-c3c[nH]c4ncccc34)c2)cc1. The molecule has 0 amide bonds. The van der Waals surface area contributed by atoms with E-state index in [-0.39, 0.29) is 84.2 Å². The Morgan fingerprint density at radius 2 is 0.691 bits per heavy atom. The van der Waals surface area contributed by atoms with Gasteiger partial charge in [0.1, 0.15) is 47.3 Å². The summed E-state index contributed by atoms with van der Waals surface area (Å²) >= 11 is 3.37. The molecule has 0 unspecified atom stereocenters. The summed E-state index contributed by atoms with van der Waals surface area (Å²) in [5, 5.41) is 38.7. The second-order valence-electron chi connectivity index (χ2n) is 30.8. The standard InChI is InChI=1S/C20H16N2O2S.2C20H16N2O.C15H14N2O2.C14H11BrN2O2S.C13H10N2.C6H7BO2.3C2H6.CH2O3.CH4O.CH4.2Na.H/c1-15-9-11-17(12-10-15)25(23,24)22-14-19(16-6-3-2-4-7-16)18-8-5-13-21-20(18)22;1-2-6-15(7-3-1)14-23-17-9-4-8-16(12-17)19-13-22-20-18(19)10-5-11-21-20;1-2-5-15(6-3-1)14-23-17-10-8-16(9-11-17)19-13-22-20-18(19)7-4-12-21-20;1-18-13-6-5-10(8-14(13)19-2)12-9-17-15-11(12)4-3-7-16-15;1-10-4-6-11(7-5-10)20(18,19)17-9-13(15)12-3-2-8-16-14(12)17;1-2-5-10(6-3-1)12-9-15-13-11(12)7-4-8-14-13;8-7(9)6-4-2-1-3-5-6;3*1-2;2-1-4-3;1-2;;;;/h2-14H,1H3;2*1-13H,14H2,(H,21,22);3-9H,1-2H3,(H,16,17);2-9H,1H3;1-9H,(H,14,15);1-5,8-9H;3*1-2H3;1,3H;2H,1H3;1H4;;;/q;;;;;;;;;;;;;2*+1;-1/p-1. The Hall–Kier alpha value is -14.7. The van der Waals surface area contributed by atoms with Gasteiger partial charge in [0, 0.05) is 146 Å². The van der Waals surface area contributed by atoms with Crippen molar-refractivity contribution in [2.75, 3.05) is 21.3 Å². The molecular formula is C117H118BBrN12Na2O14S2. The van der Waals surface area contributed by atoms with Crippen molar-refractivity contribution in [2.24, 2.45) is 0 Å². The minimum Gasteiger partial charge on any atom is -1.00 e. The third-order valence-electron chi connectivity index (χ3n) is 21.8. The Morgan fingerprint density at radius 3 is 1.08 bits per heavy atom. The molecule has 22 rings (SSSR count). The molecule has 0 bridgehead atoms. The number of methoxy groups -OCH3 is 2. The van der Waals surface area contributed by atoms with Crippen LogP contribution in [0.25, 0.3) is 122 Å². The number of carbonyl (C=O) groups excluding carboxylic acids is 1. The van der Waals surface area contributed by atoms with Crippen molar-refractivity contribution in [3.05, 3.63) is 441 Å². The molecule has 0 fully saturated rings. The molecule has 26 nitrogen and oxygen atoms in total. The third kappa shape index (κ3) is 32.2. The van der Waals surface area contributed by atoms with Gasteiger partial charge in [0.2, 0.25) is 0 Å². The second kappa shape index (κ2) is 61.8. The van der Waals surface area contributed by atoms with Crippen LogP contribution in [0.3, 0.4) is 0 Å². The first-order valence-corrected chi connectivity index (χ1v) is 50.4. The van der Waals surface area contributed by atoms with Crippen molar-refractivity contribution in [1.82, 2.24) is 57.8 Å². The van der Waals surface area contributed by atoms with E-state index in [1.807, 2.05) is 262 Å². The third-order valence-corrected chi connectivity index (χ3v) is 25.7. The van der Waals surface area contributed by atoms with E-state index >= 15 is 0 Å². The molecule has 0 saturated heterocycles. The predicted octanol–water partition coefficient (Wildman–Crippen LogP) is 18.9. The van der Waals surface area contributed by atoms with E-state index in [4.69, 9.17) is 44.2 Å². The Bertz CT molecular complexity index is 8010. The van der Waals surface area contributed by atoms with E-state index in [1.165, 1.54) is 36.2 Å². The van der Waals surface area contributed by atoms with Crippen LogP contribution in [0.2, 0.25) is 0 Å². The number of halogens is 1. The van der Waals surface area contributed by atoms with Gasteiger partial charge in [-0.3, -0.25) is 4.79 Å². The molecule has 12 heterocycles. The fraction of sp³-hybridized carbons (Fsp3) is 0.120. The minimum atomic E-state index is -3.72. The number of benzene rings is 10. The quantitative estimate of drug-likeness (QED) is 0.0171. The predicted molar refractivity (Wildman–Crippen MR) is 594 cm³/mol. The molecule has 12 aromatic heterocycles. The maximum Gasteiger partial charge on any atom is 1.00 e. The molecule has 22 aromatic rings. The summed E-state index contributed by atoms with van der Waals surface area (Å²) in [6, 6.07) is 108. The maximum atomic E-state index is 13.1. The van der Waals surface area contributed by atoms with Gasteiger partial charge < -0.3 is 65.6 Å². The molecule has 0 aliphatic heterocycles. The first-order valence-electron chi connectivity index (χ1n) is 46.7. The number of hydrogen-bond acceptors (Lipinski definition) is 20. The van der Waals surface area contributed by atoms with Crippen LogP contribution in [0.5, 0.6) is 23.0 Å². The van der Waals surface area contributed by atoms with Crippen LogP contribution < -0.4 is 88.8 Å². The van der Waals surface area contributed by atoms with Gasteiger partial charge in [-0.05, 0) is 208 Å². The average molecular weight is 2120 g/mol. The Kier molecular flexibility index (Phi) is 49.6. The zero-order valence-corrected chi connectivity index (χ0v) is 91.7. The Labute approximate surface area is 923 Å². The molecule has 0 aliphatic rings. The fourth-order valence-electron chi connectivity index (χ4n) is 14.9. The molecule has 754 valence electrons. The first kappa shape index (κ1) is 120. The van der Waals surface area contributed by atoms with Crippen molar-refractivity contribution < 1.29 is 126 Å². The van der Waals surface area contributed by atoms with Crippen LogP contribution in [-0.2, 0) is 42.9 Å². The second-order valence-corrected chi connectivity index (χ2v) is 35.3. The largest absolute Gasteiger partial charge is 1.00 e. The van der Waals surface area contributed by atoms with E-state index in [0.717, 1.165) is 141 Å². The summed E-state index contributed by atoms with van der Waals surface area (Å²) in [5.41, 5.74) is 20.3. The summed E-state index contributed by atoms with van der Waals surface area (Å²) in [6.45, 7) is 16.8. The molecule has 7 N–H and O–H groups in total. The number of aromatic amines is 4. The minimum absolute atomic E-state index is 0. The van der Waals surface area contributed by atoms with Gasteiger partial charge in [0.05, 0.1) is 24.0 Å². The summed E-state index contributed by atoms with van der Waals surface area (Å²) in [7, 11) is -4.42. The molecule has 0 spiro atoms. The summed E-state index contributed by atoms with van der Waals surface area (Å²) < 4.78 is 77.1. The van der Waals surface area contributed by atoms with Gasteiger partial charge in [-0.2, -0.15) is 0 Å². The number of nitrogens with one attached hydrogen (secondary N) is 4. The molecule has 10 aromatic carbocycles. The molecule has 149 heavy (non-hydrogen) atoms. The van der Waals surface area contributed by atoms with E-state index in [0.29, 0.717) is 34.4 Å². The van der Waals surface area contributed by atoms with Gasteiger partial charge >= 0.3 is 66.2 Å². The number of hydrogen-bond donors (Lipinski definition) is 7. The van der Waals surface area contributed by atoms with Crippen LogP contribution in [0, 0.1) is 13.8 Å². The Morgan fingerprint density at radius 1 is 0.369 bits per heavy atom. The zero-order chi connectivity index (χ0) is 104. The average Bonchev–Trinajstić information content (AvgIpc) is 1.60. The fourth-order valence-corrected chi connectivity index (χ4v) is 18.2. The normalized spacial score (nSPS) is 10.2. The molecule has 0 aliphatic carbocycles. The van der Waals surface area contributed by atoms with Crippen molar-refractivity contribution in [1.29, 1.82) is 0 Å². The summed E-state index contributed by atoms with van der Waals surface area (Å²) in [4.78, 5) is 50.2. The molecule has 0 radical (unpaired) electrons. The number of carbonyl (C=O) groups is 1. The van der Waals surface area contributed by atoms with Gasteiger partial charge in [-0.25, -0.2) is 54.7 Å². The number of nitrogens with zero attached hydrogens (tertiary/aromatic N) is 8. The van der Waals surface area contributed by atoms with Crippen molar-refractivity contribution in [2.45, 2.75) is 85.8 Å². The van der Waals surface area contributed by atoms with Crippen molar-refractivity contribution in [3.8, 4) is 78.6 Å². The van der Waals surface area contributed by atoms with Crippen LogP contribution in [0.1, 0.15) is 72.6 Å². The van der Waals surface area contributed by atoms with Gasteiger partial charge in [-0.1, -0.05) is 266 Å². The number of H-pyrrole nitrogens is 4. The number of fused-ring (bicyclic) bond motifs is 6. The monoisotopic (exact) mass is 2110 g/mol. The van der Waals surface area contributed by atoms with E-state index < -0.39 is 27.2 Å². The number of aliphatic hydroxyl groups is 1. The number of aryl methyl sites for hydroxylation is 2. The van der Waals surface area contributed by atoms with Crippen molar-refractivity contribution >= 4 is 121 Å². The van der Waals surface area contributed by atoms with Crippen molar-refractivity contribution in [3.63, 3.8) is 0 Å². The van der Waals surface area contributed by atoms with Gasteiger partial charge in [-0.15, -0.1) is 0 Å². The van der Waals surface area contributed by atoms with Crippen LogP contribution in [0.15, 0.2) is 428 Å². The molecule has 0 atom stereocenters. The molecular weight excluding hydrogens is 2000 g/mol. The number of pyridine rings is 6. The Balaban J connectivity index is 0.000000234. The first-order chi connectivity index (χ1) is 71.4. The summed E-state index contributed by atoms with van der Waals surface area (Å²) in [6.07, 6.45) is 21.5. The topological polar surface area (TPSA) is 366 Å². The van der Waals surface area contributed by atoms with Gasteiger partial charge in [0.15, 0.2) is 22.8 Å². The van der Waals surface area contributed by atoms with E-state index in [1.54, 1.807) is 136 Å². The molecule has 32 heteroatoms. The van der Waals surface area contributed by atoms with Gasteiger partial charge in [0.25, 0.3) is 26.5 Å². The van der Waals surface area contributed by atoms with Crippen LogP contribution in [0.4, 0.5) is 0 Å². The molecule has 0 saturated carbocycles. The van der Waals surface area contributed by atoms with E-state index in [2.05, 4.69) is 150 Å². The zero-order valence-electron chi connectivity index (χ0n) is 85.4. The number of rotatable bonds is 19. The number of aliphatic hydroxyl groups excluding tert-OH is 1. The number of aromatic nitrogens is 12. The maximum absolute atomic E-state index is 13.1. The van der Waals surface area contributed by atoms with E-state index in [9.17, 15) is 16.8 Å². The summed E-state index contributed by atoms with van der Waals surface area (Å²) in [5.74, 6) is 3.18. The van der Waals surface area contributed by atoms with Crippen LogP contribution in [-0.4, -0.2) is 125 Å². The van der Waals surface area contributed by atoms with Crippen LogP contribution >= 0.6 is 15.9 Å². The number of ether oxygens (including phenoxy) is 4. The smallest absolute Gasteiger partial charge is 1.00 e.